The highest BCUT2D eigenvalue weighted by molar-refractivity contribution is 9.10. The Balaban J connectivity index is 1.97. The van der Waals surface area contributed by atoms with Gasteiger partial charge in [0.25, 0.3) is 0 Å². The Morgan fingerprint density at radius 1 is 1.47 bits per heavy atom. The van der Waals surface area contributed by atoms with E-state index in [4.69, 9.17) is 5.73 Å². The Morgan fingerprint density at radius 2 is 2.21 bits per heavy atom. The molecule has 0 spiro atoms. The third-order valence-electron chi connectivity index (χ3n) is 3.47. The molecule has 1 aromatic carbocycles. The molecule has 1 aliphatic carbocycles. The van der Waals surface area contributed by atoms with Gasteiger partial charge in [0.2, 0.25) is 0 Å². The van der Waals surface area contributed by atoms with E-state index in [9.17, 15) is 9.18 Å². The quantitative estimate of drug-likeness (QED) is 0.928. The van der Waals surface area contributed by atoms with Crippen LogP contribution in [0, 0.1) is 11.7 Å². The Kier molecular flexibility index (Phi) is 3.05. The van der Waals surface area contributed by atoms with Gasteiger partial charge in [-0.05, 0) is 37.0 Å². The molecule has 0 bridgehead atoms. The lowest BCUT2D eigenvalue weighted by atomic mass is 10.0. The molecule has 1 aromatic rings. The van der Waals surface area contributed by atoms with E-state index in [0.717, 1.165) is 17.3 Å². The van der Waals surface area contributed by atoms with Gasteiger partial charge in [-0.15, -0.1) is 0 Å². The summed E-state index contributed by atoms with van der Waals surface area (Å²) in [6.45, 7) is 0.597. The minimum absolute atomic E-state index is 0.169. The molecule has 0 saturated heterocycles. The number of urea groups is 1. The summed E-state index contributed by atoms with van der Waals surface area (Å²) in [6.07, 6.45) is 2.22. The van der Waals surface area contributed by atoms with Crippen molar-refractivity contribution < 1.29 is 9.18 Å². The van der Waals surface area contributed by atoms with Gasteiger partial charge in [-0.25, -0.2) is 9.18 Å². The molecule has 1 fully saturated rings. The molecule has 4 nitrogen and oxygen atoms in total. The normalized spacial score (nSPS) is 22.8. The molecule has 2 aliphatic rings. The molecule has 2 amide bonds. The topological polar surface area (TPSA) is 58.7 Å². The van der Waals surface area contributed by atoms with Gasteiger partial charge in [0.05, 0.1) is 0 Å². The van der Waals surface area contributed by atoms with Crippen LogP contribution in [-0.2, 0) is 0 Å². The molecule has 1 unspecified atom stereocenters. The molecule has 1 aliphatic heterocycles. The van der Waals surface area contributed by atoms with E-state index in [1.165, 1.54) is 6.07 Å². The molecule has 2 N–H and O–H groups in total. The van der Waals surface area contributed by atoms with Crippen LogP contribution in [0.25, 0.3) is 0 Å². The number of hydrogen-bond donors (Lipinski definition) is 1. The summed E-state index contributed by atoms with van der Waals surface area (Å²) in [5.74, 6) is 0.298. The molecule has 3 rings (SSSR count). The smallest absolute Gasteiger partial charge is 0.346 e. The van der Waals surface area contributed by atoms with Gasteiger partial charge in [0.1, 0.15) is 17.7 Å². The summed E-state index contributed by atoms with van der Waals surface area (Å²) in [5.41, 5.74) is 6.20. The average Bonchev–Trinajstić information content (AvgIpc) is 3.11. The molecular formula is C13H13BrFN3O. The van der Waals surface area contributed by atoms with Crippen molar-refractivity contribution >= 4 is 27.8 Å². The van der Waals surface area contributed by atoms with Crippen molar-refractivity contribution in [1.29, 1.82) is 0 Å². The maximum atomic E-state index is 14.0. The first-order chi connectivity index (χ1) is 9.06. The van der Waals surface area contributed by atoms with Crippen LogP contribution in [0.5, 0.6) is 0 Å². The summed E-state index contributed by atoms with van der Waals surface area (Å²) < 4.78 is 14.7. The Morgan fingerprint density at radius 3 is 2.89 bits per heavy atom. The highest BCUT2D eigenvalue weighted by atomic mass is 79.9. The van der Waals surface area contributed by atoms with E-state index in [0.29, 0.717) is 18.0 Å². The number of amidine groups is 1. The number of nitrogens with two attached hydrogens (primary N) is 1. The van der Waals surface area contributed by atoms with Gasteiger partial charge in [-0.3, -0.25) is 0 Å². The van der Waals surface area contributed by atoms with Crippen LogP contribution in [0.3, 0.4) is 0 Å². The SMILES string of the molecule is NC1=NC(=O)N(CC2CC2)C1c1cc(Br)ccc1F. The van der Waals surface area contributed by atoms with Crippen LogP contribution in [0.15, 0.2) is 27.7 Å². The minimum atomic E-state index is -0.578. The standard InChI is InChI=1S/C13H13BrFN3O/c14-8-3-4-10(15)9(5-8)11-12(16)17-13(19)18(11)6-7-1-2-7/h3-5,7,11H,1-2,6H2,(H2,16,17,19). The first-order valence-electron chi connectivity index (χ1n) is 6.16. The number of halogens is 2. The maximum absolute atomic E-state index is 14.0. The van der Waals surface area contributed by atoms with Crippen LogP contribution in [0.1, 0.15) is 24.4 Å². The van der Waals surface area contributed by atoms with Gasteiger partial charge >= 0.3 is 6.03 Å². The number of aliphatic imine (C=N–C) groups is 1. The molecule has 100 valence electrons. The predicted molar refractivity (Wildman–Crippen MR) is 73.3 cm³/mol. The lowest BCUT2D eigenvalue weighted by Gasteiger charge is -2.24. The van der Waals surface area contributed by atoms with Crippen LogP contribution in [-0.4, -0.2) is 23.3 Å². The fraction of sp³-hybridized carbons (Fsp3) is 0.385. The van der Waals surface area contributed by atoms with E-state index in [2.05, 4.69) is 20.9 Å². The number of amides is 2. The van der Waals surface area contributed by atoms with Gasteiger partial charge < -0.3 is 10.6 Å². The van der Waals surface area contributed by atoms with Crippen molar-refractivity contribution in [3.8, 4) is 0 Å². The van der Waals surface area contributed by atoms with E-state index in [1.807, 2.05) is 0 Å². The molecule has 1 atom stereocenters. The summed E-state index contributed by atoms with van der Waals surface area (Å²) in [5, 5.41) is 0. The highest BCUT2D eigenvalue weighted by Gasteiger charge is 2.39. The first-order valence-corrected chi connectivity index (χ1v) is 6.95. The van der Waals surface area contributed by atoms with Crippen LogP contribution in [0.2, 0.25) is 0 Å². The maximum Gasteiger partial charge on any atom is 0.346 e. The molecule has 19 heavy (non-hydrogen) atoms. The summed E-state index contributed by atoms with van der Waals surface area (Å²) in [6, 6.07) is 3.69. The van der Waals surface area contributed by atoms with Crippen molar-refractivity contribution in [2.75, 3.05) is 6.54 Å². The zero-order valence-corrected chi connectivity index (χ0v) is 11.7. The van der Waals surface area contributed by atoms with E-state index >= 15 is 0 Å². The molecule has 0 radical (unpaired) electrons. The van der Waals surface area contributed by atoms with E-state index in [1.54, 1.807) is 17.0 Å². The summed E-state index contributed by atoms with van der Waals surface area (Å²) in [7, 11) is 0. The average molecular weight is 326 g/mol. The Hall–Kier alpha value is -1.43. The fourth-order valence-electron chi connectivity index (χ4n) is 2.32. The second-order valence-corrected chi connectivity index (χ2v) is 5.90. The highest BCUT2D eigenvalue weighted by Crippen LogP contribution is 2.36. The second kappa shape index (κ2) is 4.59. The van der Waals surface area contributed by atoms with Gasteiger partial charge in [0, 0.05) is 16.6 Å². The molecule has 1 saturated carbocycles. The second-order valence-electron chi connectivity index (χ2n) is 4.98. The molecular weight excluding hydrogens is 313 g/mol. The summed E-state index contributed by atoms with van der Waals surface area (Å²) >= 11 is 3.31. The fourth-order valence-corrected chi connectivity index (χ4v) is 2.70. The molecule has 6 heteroatoms. The van der Waals surface area contributed by atoms with Crippen molar-refractivity contribution in [1.82, 2.24) is 4.90 Å². The molecule has 1 heterocycles. The van der Waals surface area contributed by atoms with E-state index in [-0.39, 0.29) is 17.7 Å². The third-order valence-corrected chi connectivity index (χ3v) is 3.96. The van der Waals surface area contributed by atoms with Crippen LogP contribution in [0.4, 0.5) is 9.18 Å². The largest absolute Gasteiger partial charge is 0.385 e. The number of rotatable bonds is 3. The van der Waals surface area contributed by atoms with Crippen molar-refractivity contribution in [3.63, 3.8) is 0 Å². The van der Waals surface area contributed by atoms with E-state index < -0.39 is 6.04 Å². The Bertz CT molecular complexity index is 571. The third kappa shape index (κ3) is 2.36. The zero-order valence-electron chi connectivity index (χ0n) is 10.1. The number of hydrogen-bond acceptors (Lipinski definition) is 2. The zero-order chi connectivity index (χ0) is 13.6. The van der Waals surface area contributed by atoms with Crippen LogP contribution >= 0.6 is 15.9 Å². The van der Waals surface area contributed by atoms with Crippen LogP contribution < -0.4 is 5.73 Å². The number of carbonyl (C=O) groups is 1. The van der Waals surface area contributed by atoms with Gasteiger partial charge in [0.15, 0.2) is 0 Å². The molecule has 0 aromatic heterocycles. The monoisotopic (exact) mass is 325 g/mol. The lowest BCUT2D eigenvalue weighted by Crippen LogP contribution is -2.35. The number of benzene rings is 1. The minimum Gasteiger partial charge on any atom is -0.385 e. The van der Waals surface area contributed by atoms with Crippen molar-refractivity contribution in [2.45, 2.75) is 18.9 Å². The Labute approximate surface area is 118 Å². The van der Waals surface area contributed by atoms with Gasteiger partial charge in [-0.2, -0.15) is 4.99 Å². The summed E-state index contributed by atoms with van der Waals surface area (Å²) in [4.78, 5) is 17.2. The predicted octanol–water partition coefficient (Wildman–Crippen LogP) is 2.83. The first kappa shape index (κ1) is 12.6. The van der Waals surface area contributed by atoms with Gasteiger partial charge in [-0.1, -0.05) is 15.9 Å². The lowest BCUT2D eigenvalue weighted by molar-refractivity contribution is 0.203. The van der Waals surface area contributed by atoms with Crippen molar-refractivity contribution in [2.24, 2.45) is 16.6 Å². The number of nitrogens with zero attached hydrogens (tertiary/aromatic N) is 2. The number of carbonyl (C=O) groups excluding carboxylic acids is 1. The van der Waals surface area contributed by atoms with Crippen molar-refractivity contribution in [3.05, 3.63) is 34.1 Å².